The van der Waals surface area contributed by atoms with E-state index in [4.69, 9.17) is 0 Å². The molecule has 0 fully saturated rings. The summed E-state index contributed by atoms with van der Waals surface area (Å²) >= 11 is 0. The summed E-state index contributed by atoms with van der Waals surface area (Å²) in [6.07, 6.45) is 2.86. The quantitative estimate of drug-likeness (QED) is 0.529. The van der Waals surface area contributed by atoms with Gasteiger partial charge in [0.15, 0.2) is 0 Å². The average Bonchev–Trinajstić information content (AvgIpc) is 2.78. The Balaban J connectivity index is 2.30. The lowest BCUT2D eigenvalue weighted by molar-refractivity contribution is -0.139. The molecule has 2 aromatic rings. The van der Waals surface area contributed by atoms with Gasteiger partial charge in [0.2, 0.25) is 21.8 Å². The van der Waals surface area contributed by atoms with E-state index < -0.39 is 22.0 Å². The summed E-state index contributed by atoms with van der Waals surface area (Å²) in [4.78, 5) is 27.7. The maximum Gasteiger partial charge on any atom is 0.244 e. The van der Waals surface area contributed by atoms with Gasteiger partial charge in [-0.1, -0.05) is 62.4 Å². The van der Waals surface area contributed by atoms with E-state index in [1.165, 1.54) is 4.90 Å². The zero-order chi connectivity index (χ0) is 23.6. The van der Waals surface area contributed by atoms with Gasteiger partial charge in [0.05, 0.1) is 11.9 Å². The van der Waals surface area contributed by atoms with Gasteiger partial charge in [-0.15, -0.1) is 0 Å². The molecule has 0 heterocycles. The Morgan fingerprint density at radius 1 is 0.969 bits per heavy atom. The number of carbonyl (C=O) groups excluding carboxylic acids is 2. The van der Waals surface area contributed by atoms with E-state index in [0.29, 0.717) is 31.6 Å². The minimum atomic E-state index is -3.70. The van der Waals surface area contributed by atoms with E-state index in [2.05, 4.69) is 5.32 Å². The molecule has 1 N–H and O–H groups in total. The molecule has 8 heteroatoms. The Hall–Kier alpha value is -2.87. The summed E-state index contributed by atoms with van der Waals surface area (Å²) in [6, 6.07) is 17.5. The van der Waals surface area contributed by atoms with Crippen LogP contribution in [0.2, 0.25) is 0 Å². The predicted molar refractivity (Wildman–Crippen MR) is 128 cm³/mol. The predicted octanol–water partition coefficient (Wildman–Crippen LogP) is 2.83. The van der Waals surface area contributed by atoms with E-state index >= 15 is 0 Å². The second-order valence-electron chi connectivity index (χ2n) is 7.64. The molecule has 7 nitrogen and oxygen atoms in total. The summed E-state index contributed by atoms with van der Waals surface area (Å²) in [5.41, 5.74) is 1.45. The SMILES string of the molecule is CCCNC(=O)C(CC)N(CCc1ccccc1)C(=O)CN(c1ccccc1)S(C)(=O)=O. The number of anilines is 1. The largest absolute Gasteiger partial charge is 0.354 e. The van der Waals surface area contributed by atoms with Crippen molar-refractivity contribution < 1.29 is 18.0 Å². The summed E-state index contributed by atoms with van der Waals surface area (Å²) in [5.74, 6) is -0.630. The summed E-state index contributed by atoms with van der Waals surface area (Å²) in [6.45, 7) is 4.28. The lowest BCUT2D eigenvalue weighted by Crippen LogP contribution is -2.53. The minimum absolute atomic E-state index is 0.221. The van der Waals surface area contributed by atoms with Crippen LogP contribution in [0.4, 0.5) is 5.69 Å². The molecular formula is C24H33N3O4S. The fourth-order valence-electron chi connectivity index (χ4n) is 3.47. The van der Waals surface area contributed by atoms with Gasteiger partial charge in [0.25, 0.3) is 0 Å². The second-order valence-corrected chi connectivity index (χ2v) is 9.55. The number of amides is 2. The standard InChI is InChI=1S/C24H33N3O4S/c1-4-17-25-24(29)22(5-2)26(18-16-20-12-8-6-9-13-20)23(28)19-27(32(3,30)31)21-14-10-7-11-15-21/h6-15,22H,4-5,16-19H2,1-3H3,(H,25,29). The van der Waals surface area contributed by atoms with Gasteiger partial charge in [0, 0.05) is 13.1 Å². The van der Waals surface area contributed by atoms with Gasteiger partial charge in [-0.05, 0) is 37.0 Å². The average molecular weight is 460 g/mol. The van der Waals surface area contributed by atoms with Gasteiger partial charge >= 0.3 is 0 Å². The Morgan fingerprint density at radius 3 is 2.09 bits per heavy atom. The Labute approximate surface area is 191 Å². The number of nitrogens with zero attached hydrogens (tertiary/aromatic N) is 2. The monoisotopic (exact) mass is 459 g/mol. The lowest BCUT2D eigenvalue weighted by atomic mass is 10.1. The molecule has 0 saturated heterocycles. The number of hydrogen-bond donors (Lipinski definition) is 1. The van der Waals surface area contributed by atoms with Crippen LogP contribution in [-0.2, 0) is 26.0 Å². The van der Waals surface area contributed by atoms with E-state index in [1.54, 1.807) is 30.3 Å². The second kappa shape index (κ2) is 12.2. The van der Waals surface area contributed by atoms with Crippen molar-refractivity contribution in [3.8, 4) is 0 Å². The summed E-state index contributed by atoms with van der Waals surface area (Å²) < 4.78 is 26.0. The zero-order valence-electron chi connectivity index (χ0n) is 19.0. The van der Waals surface area contributed by atoms with Crippen LogP contribution in [0.15, 0.2) is 60.7 Å². The fourth-order valence-corrected chi connectivity index (χ4v) is 4.32. The van der Waals surface area contributed by atoms with Gasteiger partial charge in [-0.25, -0.2) is 8.42 Å². The normalized spacial score (nSPS) is 12.1. The van der Waals surface area contributed by atoms with Crippen LogP contribution >= 0.6 is 0 Å². The molecule has 32 heavy (non-hydrogen) atoms. The van der Waals surface area contributed by atoms with Gasteiger partial charge in [0.1, 0.15) is 12.6 Å². The van der Waals surface area contributed by atoms with Crippen LogP contribution in [0, 0.1) is 0 Å². The van der Waals surface area contributed by atoms with Crippen LogP contribution in [0.3, 0.4) is 0 Å². The van der Waals surface area contributed by atoms with Crippen LogP contribution in [0.25, 0.3) is 0 Å². The summed E-state index contributed by atoms with van der Waals surface area (Å²) in [7, 11) is -3.70. The van der Waals surface area contributed by atoms with Gasteiger partial charge in [-0.2, -0.15) is 0 Å². The van der Waals surface area contributed by atoms with E-state index in [1.807, 2.05) is 44.2 Å². The molecule has 1 atom stereocenters. The van der Waals surface area contributed by atoms with Gasteiger partial charge < -0.3 is 10.2 Å². The Kier molecular flexibility index (Phi) is 9.71. The van der Waals surface area contributed by atoms with Crippen LogP contribution in [0.1, 0.15) is 32.3 Å². The van der Waals surface area contributed by atoms with Crippen LogP contribution < -0.4 is 9.62 Å². The van der Waals surface area contributed by atoms with Crippen LogP contribution in [-0.4, -0.2) is 57.1 Å². The number of carbonyl (C=O) groups is 2. The van der Waals surface area contributed by atoms with E-state index in [-0.39, 0.29) is 12.5 Å². The lowest BCUT2D eigenvalue weighted by Gasteiger charge is -2.32. The number of nitrogens with one attached hydrogen (secondary N) is 1. The molecule has 0 bridgehead atoms. The Morgan fingerprint density at radius 2 is 1.56 bits per heavy atom. The van der Waals surface area contributed by atoms with E-state index in [9.17, 15) is 18.0 Å². The highest BCUT2D eigenvalue weighted by Gasteiger charge is 2.31. The van der Waals surface area contributed by atoms with Crippen molar-refractivity contribution in [3.05, 3.63) is 66.2 Å². The molecular weight excluding hydrogens is 426 g/mol. The highest BCUT2D eigenvalue weighted by molar-refractivity contribution is 7.92. The van der Waals surface area contributed by atoms with Crippen molar-refractivity contribution in [2.45, 2.75) is 39.2 Å². The minimum Gasteiger partial charge on any atom is -0.354 e. The third-order valence-corrected chi connectivity index (χ3v) is 6.28. The highest BCUT2D eigenvalue weighted by Crippen LogP contribution is 2.18. The molecule has 0 aliphatic heterocycles. The molecule has 0 aliphatic rings. The van der Waals surface area contributed by atoms with Crippen molar-refractivity contribution in [3.63, 3.8) is 0 Å². The number of rotatable bonds is 12. The third kappa shape index (κ3) is 7.37. The first-order chi connectivity index (χ1) is 15.3. The smallest absolute Gasteiger partial charge is 0.244 e. The van der Waals surface area contributed by atoms with Crippen molar-refractivity contribution >= 4 is 27.5 Å². The molecule has 0 saturated carbocycles. The molecule has 0 aliphatic carbocycles. The van der Waals surface area contributed by atoms with Crippen molar-refractivity contribution in [1.29, 1.82) is 0 Å². The number of para-hydroxylation sites is 1. The molecule has 0 radical (unpaired) electrons. The maximum absolute atomic E-state index is 13.4. The summed E-state index contributed by atoms with van der Waals surface area (Å²) in [5, 5.41) is 2.87. The van der Waals surface area contributed by atoms with Crippen molar-refractivity contribution in [2.24, 2.45) is 0 Å². The first kappa shape index (κ1) is 25.4. The molecule has 1 unspecified atom stereocenters. The molecule has 0 spiro atoms. The third-order valence-electron chi connectivity index (χ3n) is 5.14. The fraction of sp³-hybridized carbons (Fsp3) is 0.417. The number of sulfonamides is 1. The number of benzene rings is 2. The van der Waals surface area contributed by atoms with Crippen molar-refractivity contribution in [2.75, 3.05) is 30.2 Å². The van der Waals surface area contributed by atoms with Crippen molar-refractivity contribution in [1.82, 2.24) is 10.2 Å². The first-order valence-corrected chi connectivity index (χ1v) is 12.8. The zero-order valence-corrected chi connectivity index (χ0v) is 19.8. The molecule has 2 amide bonds. The van der Waals surface area contributed by atoms with E-state index in [0.717, 1.165) is 22.5 Å². The first-order valence-electron chi connectivity index (χ1n) is 10.9. The molecule has 2 aromatic carbocycles. The molecule has 174 valence electrons. The topological polar surface area (TPSA) is 86.8 Å². The molecule has 0 aromatic heterocycles. The molecule has 2 rings (SSSR count). The maximum atomic E-state index is 13.4. The highest BCUT2D eigenvalue weighted by atomic mass is 32.2. The van der Waals surface area contributed by atoms with Gasteiger partial charge in [-0.3, -0.25) is 13.9 Å². The number of hydrogen-bond acceptors (Lipinski definition) is 4. The van der Waals surface area contributed by atoms with Crippen LogP contribution in [0.5, 0.6) is 0 Å². The Bertz CT molecular complexity index is 965.